The van der Waals surface area contributed by atoms with Crippen LogP contribution in [0.1, 0.15) is 39.3 Å². The molecular formula is C21H29ClN2O5S2. The molecule has 1 heterocycles. The monoisotopic (exact) mass is 488 g/mol. The molecule has 10 heteroatoms. The van der Waals surface area contributed by atoms with Crippen molar-refractivity contribution in [3.8, 4) is 11.5 Å². The third-order valence-electron chi connectivity index (χ3n) is 4.49. The van der Waals surface area contributed by atoms with Crippen molar-refractivity contribution >= 4 is 38.9 Å². The van der Waals surface area contributed by atoms with Gasteiger partial charge in [-0.1, -0.05) is 31.5 Å². The van der Waals surface area contributed by atoms with Crippen LogP contribution in [0, 0.1) is 5.92 Å². The smallest absolute Gasteiger partial charge is 0.252 e. The molecule has 2 aromatic rings. The molecule has 0 aliphatic carbocycles. The molecule has 0 bridgehead atoms. The Hall–Kier alpha value is -1.81. The normalized spacial score (nSPS) is 12.8. The Balaban J connectivity index is 2.17. The summed E-state index contributed by atoms with van der Waals surface area (Å²) in [5, 5.41) is 2.95. The highest BCUT2D eigenvalue weighted by molar-refractivity contribution is 7.91. The Labute approximate surface area is 193 Å². The summed E-state index contributed by atoms with van der Waals surface area (Å²) in [6.45, 7) is 8.44. The van der Waals surface area contributed by atoms with Crippen LogP contribution in [0.3, 0.4) is 0 Å². The number of benzene rings is 1. The minimum Gasteiger partial charge on any atom is -0.490 e. The van der Waals surface area contributed by atoms with Crippen molar-refractivity contribution in [2.24, 2.45) is 5.92 Å². The lowest BCUT2D eigenvalue weighted by molar-refractivity contribution is -0.122. The van der Waals surface area contributed by atoms with Crippen molar-refractivity contribution in [3.63, 3.8) is 0 Å². The Morgan fingerprint density at radius 3 is 2.32 bits per heavy atom. The van der Waals surface area contributed by atoms with E-state index in [1.807, 2.05) is 45.9 Å². The quantitative estimate of drug-likeness (QED) is 0.508. The maximum atomic E-state index is 12.7. The van der Waals surface area contributed by atoms with E-state index in [0.717, 1.165) is 21.2 Å². The predicted molar refractivity (Wildman–Crippen MR) is 124 cm³/mol. The number of halogens is 1. The summed E-state index contributed by atoms with van der Waals surface area (Å²) in [7, 11) is -2.42. The topological polar surface area (TPSA) is 84.9 Å². The fourth-order valence-corrected chi connectivity index (χ4v) is 5.81. The standard InChI is InChI=1S/C21H29ClN2O5S2/c1-6-28-16-9-8-15(12-17(16)29-7-2)21(14(3)4)23-19(25)13-24(5)31(26,27)20-11-10-18(22)30-20/h8-12,14,21H,6-7,13H2,1-5H3,(H,23,25). The third-order valence-corrected chi connectivity index (χ3v) is 7.99. The van der Waals surface area contributed by atoms with E-state index >= 15 is 0 Å². The maximum Gasteiger partial charge on any atom is 0.252 e. The number of carbonyl (C=O) groups excluding carboxylic acids is 1. The van der Waals surface area contributed by atoms with Gasteiger partial charge in [0.2, 0.25) is 5.91 Å². The van der Waals surface area contributed by atoms with E-state index in [4.69, 9.17) is 21.1 Å². The lowest BCUT2D eigenvalue weighted by Gasteiger charge is -2.25. The summed E-state index contributed by atoms with van der Waals surface area (Å²) in [6.07, 6.45) is 0. The summed E-state index contributed by atoms with van der Waals surface area (Å²) in [4.78, 5) is 12.7. The zero-order valence-electron chi connectivity index (χ0n) is 18.3. The van der Waals surface area contributed by atoms with Gasteiger partial charge in [-0.15, -0.1) is 11.3 Å². The van der Waals surface area contributed by atoms with Gasteiger partial charge >= 0.3 is 0 Å². The molecule has 0 spiro atoms. The molecule has 1 unspecified atom stereocenters. The zero-order chi connectivity index (χ0) is 23.2. The van der Waals surface area contributed by atoms with Crippen LogP contribution in [0.15, 0.2) is 34.5 Å². The van der Waals surface area contributed by atoms with Gasteiger partial charge in [0, 0.05) is 7.05 Å². The van der Waals surface area contributed by atoms with Gasteiger partial charge in [0.15, 0.2) is 11.5 Å². The molecule has 7 nitrogen and oxygen atoms in total. The molecule has 1 aromatic heterocycles. The van der Waals surface area contributed by atoms with E-state index in [1.54, 1.807) is 0 Å². The molecule has 0 aliphatic heterocycles. The molecule has 0 fully saturated rings. The fraction of sp³-hybridized carbons (Fsp3) is 0.476. The van der Waals surface area contributed by atoms with Crippen molar-refractivity contribution in [1.29, 1.82) is 0 Å². The van der Waals surface area contributed by atoms with Crippen molar-refractivity contribution in [1.82, 2.24) is 9.62 Å². The summed E-state index contributed by atoms with van der Waals surface area (Å²) in [6, 6.07) is 8.18. The Morgan fingerprint density at radius 1 is 1.13 bits per heavy atom. The first-order valence-electron chi connectivity index (χ1n) is 10.0. The minimum atomic E-state index is -3.79. The number of thiophene rings is 1. The van der Waals surface area contributed by atoms with E-state index in [1.165, 1.54) is 19.2 Å². The first-order valence-corrected chi connectivity index (χ1v) is 12.6. The second-order valence-electron chi connectivity index (χ2n) is 7.18. The lowest BCUT2D eigenvalue weighted by Crippen LogP contribution is -2.40. The minimum absolute atomic E-state index is 0.0642. The van der Waals surface area contributed by atoms with Gasteiger partial charge in [-0.2, -0.15) is 4.31 Å². The van der Waals surface area contributed by atoms with Gasteiger partial charge in [0.1, 0.15) is 4.21 Å². The van der Waals surface area contributed by atoms with Gasteiger partial charge in [0.05, 0.1) is 30.1 Å². The fourth-order valence-electron chi connectivity index (χ4n) is 2.99. The Kier molecular flexibility index (Phi) is 9.17. The first-order chi connectivity index (χ1) is 14.6. The summed E-state index contributed by atoms with van der Waals surface area (Å²) >= 11 is 6.81. The van der Waals surface area contributed by atoms with Crippen molar-refractivity contribution in [3.05, 3.63) is 40.2 Å². The molecule has 0 radical (unpaired) electrons. The second kappa shape index (κ2) is 11.2. The molecule has 1 aromatic carbocycles. The van der Waals surface area contributed by atoms with Crippen molar-refractivity contribution < 1.29 is 22.7 Å². The SMILES string of the molecule is CCOc1ccc(C(NC(=O)CN(C)S(=O)(=O)c2ccc(Cl)s2)C(C)C)cc1OCC. The number of nitrogens with one attached hydrogen (secondary N) is 1. The molecule has 0 saturated heterocycles. The molecular weight excluding hydrogens is 460 g/mol. The Bertz CT molecular complexity index is 991. The zero-order valence-corrected chi connectivity index (χ0v) is 20.7. The van der Waals surface area contributed by atoms with Crippen molar-refractivity contribution in [2.45, 2.75) is 37.9 Å². The van der Waals surface area contributed by atoms with Gasteiger partial charge in [-0.05, 0) is 49.6 Å². The predicted octanol–water partition coefficient (Wildman–Crippen LogP) is 4.33. The number of amides is 1. The van der Waals surface area contributed by atoms with Crippen LogP contribution in [0.4, 0.5) is 0 Å². The summed E-state index contributed by atoms with van der Waals surface area (Å²) in [5.74, 6) is 0.909. The van der Waals surface area contributed by atoms with Gasteiger partial charge in [-0.3, -0.25) is 4.79 Å². The van der Waals surface area contributed by atoms with Crippen LogP contribution in [-0.4, -0.2) is 45.4 Å². The van der Waals surface area contributed by atoms with Gasteiger partial charge < -0.3 is 14.8 Å². The summed E-state index contributed by atoms with van der Waals surface area (Å²) < 4.78 is 38.1. The number of sulfonamides is 1. The highest BCUT2D eigenvalue weighted by Gasteiger charge is 2.27. The Morgan fingerprint density at radius 2 is 1.77 bits per heavy atom. The molecule has 1 amide bonds. The van der Waals surface area contributed by atoms with E-state index in [0.29, 0.717) is 29.0 Å². The third kappa shape index (κ3) is 6.58. The number of likely N-dealkylation sites (N-methyl/N-ethyl adjacent to an activating group) is 1. The van der Waals surface area contributed by atoms with E-state index in [-0.39, 0.29) is 22.7 Å². The first kappa shape index (κ1) is 25.5. The van der Waals surface area contributed by atoms with Crippen LogP contribution in [0.2, 0.25) is 4.34 Å². The summed E-state index contributed by atoms with van der Waals surface area (Å²) in [5.41, 5.74) is 0.853. The average molecular weight is 489 g/mol. The molecule has 172 valence electrons. The molecule has 31 heavy (non-hydrogen) atoms. The molecule has 1 N–H and O–H groups in total. The number of ether oxygens (including phenoxy) is 2. The average Bonchev–Trinajstić information content (AvgIpc) is 3.15. The van der Waals surface area contributed by atoms with Crippen LogP contribution >= 0.6 is 22.9 Å². The molecule has 0 saturated carbocycles. The highest BCUT2D eigenvalue weighted by Crippen LogP contribution is 2.33. The highest BCUT2D eigenvalue weighted by atomic mass is 35.5. The van der Waals surface area contributed by atoms with Gasteiger partial charge in [0.25, 0.3) is 10.0 Å². The van der Waals surface area contributed by atoms with Crippen molar-refractivity contribution in [2.75, 3.05) is 26.8 Å². The number of hydrogen-bond acceptors (Lipinski definition) is 6. The van der Waals surface area contributed by atoms with E-state index in [9.17, 15) is 13.2 Å². The van der Waals surface area contributed by atoms with Crippen LogP contribution in [0.5, 0.6) is 11.5 Å². The molecule has 2 rings (SSSR count). The number of nitrogens with zero attached hydrogens (tertiary/aromatic N) is 1. The second-order valence-corrected chi connectivity index (χ2v) is 11.2. The molecule has 1 atom stereocenters. The van der Waals surface area contributed by atoms with E-state index < -0.39 is 15.9 Å². The van der Waals surface area contributed by atoms with Crippen LogP contribution in [0.25, 0.3) is 0 Å². The van der Waals surface area contributed by atoms with Crippen LogP contribution < -0.4 is 14.8 Å². The number of carbonyl (C=O) groups is 1. The lowest BCUT2D eigenvalue weighted by atomic mass is 9.95. The number of hydrogen-bond donors (Lipinski definition) is 1. The molecule has 0 aliphatic rings. The largest absolute Gasteiger partial charge is 0.490 e. The van der Waals surface area contributed by atoms with Gasteiger partial charge in [-0.25, -0.2) is 8.42 Å². The van der Waals surface area contributed by atoms with Crippen LogP contribution in [-0.2, 0) is 14.8 Å². The maximum absolute atomic E-state index is 12.7. The number of rotatable bonds is 11. The van der Waals surface area contributed by atoms with E-state index in [2.05, 4.69) is 5.32 Å².